The van der Waals surface area contributed by atoms with Gasteiger partial charge in [-0.25, -0.2) is 0 Å². The molecule has 1 fully saturated rings. The monoisotopic (exact) mass is 206 g/mol. The highest BCUT2D eigenvalue weighted by Gasteiger charge is 2.56. The Bertz CT molecular complexity index is 363. The Hall–Kier alpha value is -0.470. The third-order valence-corrected chi connectivity index (χ3v) is 4.76. The van der Waals surface area contributed by atoms with Gasteiger partial charge < -0.3 is 5.11 Å². The average Bonchev–Trinajstić information content (AvgIpc) is 2.94. The minimum absolute atomic E-state index is 0.358. The van der Waals surface area contributed by atoms with Crippen molar-refractivity contribution in [1.82, 2.24) is 0 Å². The first-order valence-electron chi connectivity index (χ1n) is 5.20. The third-order valence-electron chi connectivity index (χ3n) is 3.68. The van der Waals surface area contributed by atoms with Gasteiger partial charge in [0.2, 0.25) is 0 Å². The van der Waals surface area contributed by atoms with Gasteiger partial charge in [-0.2, -0.15) is 0 Å². The lowest BCUT2D eigenvalue weighted by Gasteiger charge is -2.25. The summed E-state index contributed by atoms with van der Waals surface area (Å²) in [7, 11) is 0. The summed E-state index contributed by atoms with van der Waals surface area (Å²) in [6.07, 6.45) is 2.45. The second-order valence-corrected chi connectivity index (χ2v) is 5.47. The molecule has 1 N–H and O–H groups in total. The fraction of sp³-hybridized carbons (Fsp3) is 0.500. The molecule has 74 valence electrons. The van der Waals surface area contributed by atoms with Crippen molar-refractivity contribution >= 4 is 11.8 Å². The molecule has 0 bridgehead atoms. The van der Waals surface area contributed by atoms with Crippen LogP contribution in [0.15, 0.2) is 29.2 Å². The second-order valence-electron chi connectivity index (χ2n) is 4.33. The van der Waals surface area contributed by atoms with Gasteiger partial charge in [0.25, 0.3) is 0 Å². The first kappa shape index (κ1) is 8.81. The number of rotatable bonds is 1. The predicted octanol–water partition coefficient (Wildman–Crippen LogP) is 2.43. The number of hydrogen-bond acceptors (Lipinski definition) is 2. The van der Waals surface area contributed by atoms with Crippen LogP contribution in [0.5, 0.6) is 0 Å². The number of hydrogen-bond donors (Lipinski definition) is 1. The number of aliphatic hydroxyl groups excluding tert-OH is 1. The molecule has 2 aliphatic rings. The van der Waals surface area contributed by atoms with Crippen LogP contribution in [-0.2, 0) is 5.41 Å². The number of aliphatic hydroxyl groups is 1. The van der Waals surface area contributed by atoms with Crippen molar-refractivity contribution in [2.45, 2.75) is 23.2 Å². The summed E-state index contributed by atoms with van der Waals surface area (Å²) in [5.74, 6) is 1.75. The van der Waals surface area contributed by atoms with E-state index in [0.717, 1.165) is 0 Å². The van der Waals surface area contributed by atoms with Gasteiger partial charge in [0.15, 0.2) is 0 Å². The van der Waals surface area contributed by atoms with Gasteiger partial charge in [-0.1, -0.05) is 18.2 Å². The van der Waals surface area contributed by atoms with Gasteiger partial charge in [-0.05, 0) is 36.1 Å². The first-order valence-corrected chi connectivity index (χ1v) is 6.18. The molecule has 2 heteroatoms. The van der Waals surface area contributed by atoms with E-state index in [4.69, 9.17) is 0 Å². The Morgan fingerprint density at radius 2 is 2.29 bits per heavy atom. The minimum Gasteiger partial charge on any atom is -0.396 e. The van der Waals surface area contributed by atoms with Gasteiger partial charge in [0.05, 0.1) is 0 Å². The molecule has 14 heavy (non-hydrogen) atoms. The fourth-order valence-electron chi connectivity index (χ4n) is 2.74. The van der Waals surface area contributed by atoms with Gasteiger partial charge in [0.1, 0.15) is 0 Å². The van der Waals surface area contributed by atoms with E-state index in [1.807, 2.05) is 11.8 Å². The van der Waals surface area contributed by atoms with Crippen molar-refractivity contribution < 1.29 is 5.11 Å². The van der Waals surface area contributed by atoms with E-state index < -0.39 is 0 Å². The van der Waals surface area contributed by atoms with Crippen molar-refractivity contribution in [3.63, 3.8) is 0 Å². The maximum atomic E-state index is 9.24. The van der Waals surface area contributed by atoms with E-state index in [-0.39, 0.29) is 0 Å². The molecule has 1 aliphatic carbocycles. The minimum atomic E-state index is 0.358. The summed E-state index contributed by atoms with van der Waals surface area (Å²) in [5.41, 5.74) is 1.85. The normalized spacial score (nSPS) is 34.2. The standard InChI is InChI=1S/C12H14OS/c13-8-9-7-12(9)5-6-14-11-4-2-1-3-10(11)12/h1-4,9,13H,5-8H2. The summed E-state index contributed by atoms with van der Waals surface area (Å²) in [6.45, 7) is 0.360. The fourth-order valence-corrected chi connectivity index (χ4v) is 4.03. The Labute approximate surface area is 88.5 Å². The molecule has 1 aromatic rings. The van der Waals surface area contributed by atoms with Crippen LogP contribution in [-0.4, -0.2) is 17.5 Å². The maximum absolute atomic E-state index is 9.24. The number of fused-ring (bicyclic) bond motifs is 2. The quantitative estimate of drug-likeness (QED) is 0.761. The Morgan fingerprint density at radius 1 is 1.43 bits per heavy atom. The van der Waals surface area contributed by atoms with E-state index in [1.165, 1.54) is 29.1 Å². The van der Waals surface area contributed by atoms with Crippen LogP contribution in [0.3, 0.4) is 0 Å². The SMILES string of the molecule is OCC1CC12CCSc1ccccc12. The zero-order chi connectivity index (χ0) is 9.60. The molecule has 1 spiro atoms. The average molecular weight is 206 g/mol. The molecule has 1 aromatic carbocycles. The zero-order valence-electron chi connectivity index (χ0n) is 8.07. The van der Waals surface area contributed by atoms with E-state index in [0.29, 0.717) is 17.9 Å². The van der Waals surface area contributed by atoms with E-state index in [9.17, 15) is 5.11 Å². The molecule has 2 atom stereocenters. The van der Waals surface area contributed by atoms with Crippen molar-refractivity contribution in [3.8, 4) is 0 Å². The van der Waals surface area contributed by atoms with Crippen molar-refractivity contribution in [2.24, 2.45) is 5.92 Å². The molecular formula is C12H14OS. The van der Waals surface area contributed by atoms with Gasteiger partial charge in [-0.15, -0.1) is 11.8 Å². The third kappa shape index (κ3) is 1.07. The summed E-state index contributed by atoms with van der Waals surface area (Å²) in [4.78, 5) is 1.44. The number of benzene rings is 1. The largest absolute Gasteiger partial charge is 0.396 e. The van der Waals surface area contributed by atoms with E-state index >= 15 is 0 Å². The predicted molar refractivity (Wildman–Crippen MR) is 58.7 cm³/mol. The smallest absolute Gasteiger partial charge is 0.0468 e. The summed E-state index contributed by atoms with van der Waals surface area (Å²) < 4.78 is 0. The lowest BCUT2D eigenvalue weighted by Crippen LogP contribution is -2.17. The molecule has 3 rings (SSSR count). The van der Waals surface area contributed by atoms with Crippen LogP contribution < -0.4 is 0 Å². The van der Waals surface area contributed by atoms with E-state index in [1.54, 1.807) is 0 Å². The maximum Gasteiger partial charge on any atom is 0.0468 e. The Morgan fingerprint density at radius 3 is 3.07 bits per heavy atom. The molecular weight excluding hydrogens is 192 g/mol. The lowest BCUT2D eigenvalue weighted by atomic mass is 9.90. The van der Waals surface area contributed by atoms with Crippen LogP contribution in [0.25, 0.3) is 0 Å². The molecule has 0 saturated heterocycles. The Balaban J connectivity index is 2.05. The van der Waals surface area contributed by atoms with Crippen LogP contribution in [0.2, 0.25) is 0 Å². The summed E-state index contributed by atoms with van der Waals surface area (Å²) in [5, 5.41) is 9.24. The molecule has 0 radical (unpaired) electrons. The highest BCUT2D eigenvalue weighted by molar-refractivity contribution is 7.99. The van der Waals surface area contributed by atoms with E-state index in [2.05, 4.69) is 24.3 Å². The highest BCUT2D eigenvalue weighted by Crippen LogP contribution is 2.61. The second kappa shape index (κ2) is 3.01. The van der Waals surface area contributed by atoms with Crippen LogP contribution >= 0.6 is 11.8 Å². The van der Waals surface area contributed by atoms with Crippen molar-refractivity contribution in [1.29, 1.82) is 0 Å². The molecule has 1 nitrogen and oxygen atoms in total. The number of thioether (sulfide) groups is 1. The molecule has 0 aromatic heterocycles. The zero-order valence-corrected chi connectivity index (χ0v) is 8.89. The van der Waals surface area contributed by atoms with Crippen LogP contribution in [0.1, 0.15) is 18.4 Å². The van der Waals surface area contributed by atoms with Gasteiger partial charge in [-0.3, -0.25) is 0 Å². The van der Waals surface area contributed by atoms with Crippen LogP contribution in [0, 0.1) is 5.92 Å². The molecule has 2 unspecified atom stereocenters. The Kier molecular flexibility index (Phi) is 1.89. The highest BCUT2D eigenvalue weighted by atomic mass is 32.2. The lowest BCUT2D eigenvalue weighted by molar-refractivity contribution is 0.261. The van der Waals surface area contributed by atoms with Crippen LogP contribution in [0.4, 0.5) is 0 Å². The summed E-state index contributed by atoms with van der Waals surface area (Å²) >= 11 is 1.96. The summed E-state index contributed by atoms with van der Waals surface area (Å²) in [6, 6.07) is 8.70. The molecule has 1 heterocycles. The molecule has 1 saturated carbocycles. The molecule has 0 amide bonds. The molecule has 1 aliphatic heterocycles. The van der Waals surface area contributed by atoms with Crippen molar-refractivity contribution in [3.05, 3.63) is 29.8 Å². The van der Waals surface area contributed by atoms with Crippen molar-refractivity contribution in [2.75, 3.05) is 12.4 Å². The van der Waals surface area contributed by atoms with Gasteiger partial charge in [0, 0.05) is 16.9 Å². The first-order chi connectivity index (χ1) is 6.87. The topological polar surface area (TPSA) is 20.2 Å². The van der Waals surface area contributed by atoms with Gasteiger partial charge >= 0.3 is 0 Å².